The van der Waals surface area contributed by atoms with Crippen LogP contribution in [-0.2, 0) is 4.79 Å². The predicted molar refractivity (Wildman–Crippen MR) is 89.3 cm³/mol. The lowest BCUT2D eigenvalue weighted by Crippen LogP contribution is -3.00. The highest BCUT2D eigenvalue weighted by molar-refractivity contribution is 5.75. The monoisotopic (exact) mass is 373 g/mol. The number of carboxylic acid groups (broad SMARTS) is 1. The van der Waals surface area contributed by atoms with Gasteiger partial charge in [0, 0.05) is 6.54 Å². The van der Waals surface area contributed by atoms with E-state index in [1.54, 1.807) is 0 Å². The number of carbonyl (C=O) groups is 2. The number of urea groups is 1. The van der Waals surface area contributed by atoms with E-state index >= 15 is 0 Å². The summed E-state index contributed by atoms with van der Waals surface area (Å²) in [7, 11) is 6.16. The number of nitrogens with zero attached hydrogens (tertiary/aromatic N) is 2. The molecule has 0 rings (SSSR count). The van der Waals surface area contributed by atoms with Crippen molar-refractivity contribution in [1.29, 1.82) is 0 Å². The fourth-order valence-electron chi connectivity index (χ4n) is 0.943. The van der Waals surface area contributed by atoms with Crippen molar-refractivity contribution in [2.75, 3.05) is 40.8 Å². The van der Waals surface area contributed by atoms with E-state index in [0.29, 0.717) is 19.4 Å². The summed E-state index contributed by atoms with van der Waals surface area (Å²) in [5.74, 6) is -0.987. The zero-order chi connectivity index (χ0) is 19.1. The number of aliphatic hydroxyl groups is 1. The van der Waals surface area contributed by atoms with Gasteiger partial charge in [0.15, 0.2) is 5.96 Å². The average molecular weight is 374 g/mol. The molecule has 0 aromatic rings. The summed E-state index contributed by atoms with van der Waals surface area (Å²) in [5, 5.41) is 16.8. The van der Waals surface area contributed by atoms with Gasteiger partial charge in [0.1, 0.15) is 12.6 Å². The van der Waals surface area contributed by atoms with Crippen LogP contribution in [0.3, 0.4) is 0 Å². The van der Waals surface area contributed by atoms with Crippen molar-refractivity contribution < 1.29 is 36.7 Å². The quantitative estimate of drug-likeness (QED) is 0.0990. The second-order valence-corrected chi connectivity index (χ2v) is 5.53. The van der Waals surface area contributed by atoms with E-state index in [9.17, 15) is 4.79 Å². The molecular formula is C12H32ClN7O4. The van der Waals surface area contributed by atoms with Crippen LogP contribution < -0.4 is 41.1 Å². The molecule has 0 aromatic carbocycles. The summed E-state index contributed by atoms with van der Waals surface area (Å²) in [4.78, 5) is 22.9. The molecule has 146 valence electrons. The van der Waals surface area contributed by atoms with Crippen LogP contribution in [0.4, 0.5) is 4.79 Å². The Hall–Kier alpha value is -1.82. The third-order valence-corrected chi connectivity index (χ3v) is 2.06. The van der Waals surface area contributed by atoms with Gasteiger partial charge in [-0.2, -0.15) is 0 Å². The number of carboxylic acids is 1. The van der Waals surface area contributed by atoms with Gasteiger partial charge in [0.2, 0.25) is 0 Å². The number of hydrogen-bond acceptors (Lipinski definition) is 5. The Labute approximate surface area is 148 Å². The number of halogens is 1. The van der Waals surface area contributed by atoms with E-state index in [1.807, 2.05) is 0 Å². The first-order chi connectivity index (χ1) is 10.3. The van der Waals surface area contributed by atoms with Crippen molar-refractivity contribution in [2.45, 2.75) is 18.9 Å². The van der Waals surface area contributed by atoms with Crippen LogP contribution in [0.2, 0.25) is 0 Å². The zero-order valence-corrected chi connectivity index (χ0v) is 15.2. The van der Waals surface area contributed by atoms with Crippen molar-refractivity contribution >= 4 is 18.0 Å². The number of amides is 2. The minimum Gasteiger partial charge on any atom is -1.00 e. The van der Waals surface area contributed by atoms with Crippen molar-refractivity contribution in [1.82, 2.24) is 0 Å². The Morgan fingerprint density at radius 2 is 1.54 bits per heavy atom. The summed E-state index contributed by atoms with van der Waals surface area (Å²) in [6.07, 6.45) is 0.956. The normalized spacial score (nSPS) is 10.5. The molecular weight excluding hydrogens is 342 g/mol. The highest BCUT2D eigenvalue weighted by atomic mass is 35.5. The molecule has 1 unspecified atom stereocenters. The molecule has 2 amide bonds. The second-order valence-electron chi connectivity index (χ2n) is 5.53. The number of hydrogen-bond donors (Lipinski definition) is 7. The van der Waals surface area contributed by atoms with Crippen LogP contribution in [0.25, 0.3) is 0 Å². The van der Waals surface area contributed by atoms with Crippen molar-refractivity contribution in [2.24, 2.45) is 33.7 Å². The number of guanidine groups is 1. The molecule has 0 bridgehead atoms. The first-order valence-electron chi connectivity index (χ1n) is 6.83. The van der Waals surface area contributed by atoms with E-state index in [0.717, 1.165) is 11.0 Å². The molecule has 1 atom stereocenters. The van der Waals surface area contributed by atoms with Crippen molar-refractivity contribution in [3.05, 3.63) is 0 Å². The number of carbonyl (C=O) groups excluding carboxylic acids is 1. The summed E-state index contributed by atoms with van der Waals surface area (Å²) < 4.78 is 0.844. The van der Waals surface area contributed by atoms with Crippen LogP contribution in [-0.4, -0.2) is 79.5 Å². The third-order valence-electron chi connectivity index (χ3n) is 2.06. The number of aliphatic imine (C=N–C) groups is 1. The summed E-state index contributed by atoms with van der Waals surface area (Å²) >= 11 is 0. The fourth-order valence-corrected chi connectivity index (χ4v) is 0.943. The van der Waals surface area contributed by atoms with E-state index in [-0.39, 0.29) is 25.0 Å². The lowest BCUT2D eigenvalue weighted by molar-refractivity contribution is -0.870. The second kappa shape index (κ2) is 17.5. The zero-order valence-electron chi connectivity index (χ0n) is 14.5. The van der Waals surface area contributed by atoms with Gasteiger partial charge in [-0.25, -0.2) is 4.79 Å². The van der Waals surface area contributed by atoms with Gasteiger partial charge in [0.05, 0.1) is 27.7 Å². The molecule has 0 heterocycles. The van der Waals surface area contributed by atoms with E-state index in [2.05, 4.69) is 37.6 Å². The van der Waals surface area contributed by atoms with Crippen LogP contribution in [0.1, 0.15) is 12.8 Å². The average Bonchev–Trinajstić information content (AvgIpc) is 2.32. The number of aliphatic hydroxyl groups excluding tert-OH is 1. The Morgan fingerprint density at radius 3 is 1.75 bits per heavy atom. The number of likely N-dealkylation sites (N-methyl/N-ethyl adjacent to an activating group) is 1. The molecule has 0 saturated heterocycles. The van der Waals surface area contributed by atoms with Crippen LogP contribution in [0.5, 0.6) is 0 Å². The number of primary amides is 2. The third kappa shape index (κ3) is 42.7. The van der Waals surface area contributed by atoms with Gasteiger partial charge < -0.3 is 55.8 Å². The molecule has 12 N–H and O–H groups in total. The van der Waals surface area contributed by atoms with Crippen LogP contribution in [0.15, 0.2) is 4.99 Å². The molecule has 0 aliphatic heterocycles. The first-order valence-corrected chi connectivity index (χ1v) is 6.83. The number of quaternary nitrogens is 1. The summed E-state index contributed by atoms with van der Waals surface area (Å²) in [5.41, 5.74) is 23.8. The fraction of sp³-hybridized carbons (Fsp3) is 0.750. The number of rotatable bonds is 7. The maximum Gasteiger partial charge on any atom is 0.320 e. The predicted octanol–water partition coefficient (Wildman–Crippen LogP) is -5.84. The highest BCUT2D eigenvalue weighted by Crippen LogP contribution is 1.94. The molecule has 12 heteroatoms. The van der Waals surface area contributed by atoms with E-state index < -0.39 is 18.0 Å². The molecule has 24 heavy (non-hydrogen) atoms. The maximum absolute atomic E-state index is 10.2. The van der Waals surface area contributed by atoms with Gasteiger partial charge >= 0.3 is 12.0 Å². The lowest BCUT2D eigenvalue weighted by atomic mass is 10.2. The smallest absolute Gasteiger partial charge is 0.320 e. The highest BCUT2D eigenvalue weighted by Gasteiger charge is 2.09. The SMILES string of the molecule is C[N+](C)(C)CCO.NC(N)=NCCCC(N)C(=O)O.NC(N)=O.[Cl-]. The minimum absolute atomic E-state index is 0. The van der Waals surface area contributed by atoms with E-state index in [1.165, 1.54) is 0 Å². The molecule has 0 aliphatic carbocycles. The van der Waals surface area contributed by atoms with Gasteiger partial charge in [0.25, 0.3) is 0 Å². The molecule has 0 spiro atoms. The topological polar surface area (TPSA) is 217 Å². The van der Waals surface area contributed by atoms with Gasteiger partial charge in [-0.3, -0.25) is 9.79 Å². The van der Waals surface area contributed by atoms with Crippen LogP contribution in [0, 0.1) is 0 Å². The maximum atomic E-state index is 10.2. The number of nitrogens with two attached hydrogens (primary N) is 5. The van der Waals surface area contributed by atoms with Gasteiger partial charge in [-0.15, -0.1) is 0 Å². The van der Waals surface area contributed by atoms with Crippen molar-refractivity contribution in [3.8, 4) is 0 Å². The molecule has 0 aliphatic rings. The summed E-state index contributed by atoms with van der Waals surface area (Å²) in [6, 6.07) is -1.65. The largest absolute Gasteiger partial charge is 1.00 e. The van der Waals surface area contributed by atoms with E-state index in [4.69, 9.17) is 32.2 Å². The minimum atomic E-state index is -1.00. The Balaban J connectivity index is -0.000000142. The Morgan fingerprint density at radius 1 is 1.12 bits per heavy atom. The van der Waals surface area contributed by atoms with Crippen LogP contribution >= 0.6 is 0 Å². The Bertz CT molecular complexity index is 354. The number of aliphatic carboxylic acids is 1. The molecule has 0 aromatic heterocycles. The molecule has 0 fully saturated rings. The molecule has 11 nitrogen and oxygen atoms in total. The molecule has 0 saturated carbocycles. The first kappa shape index (κ1) is 30.1. The standard InChI is InChI=1S/C6H14N4O2.C5H14NO.CH4N2O.ClH/c7-4(5(11)12)2-1-3-10-6(8)9;1-6(2,3)4-5-7;2-1(3)4;/h4H,1-3,7H2,(H,11,12)(H4,8,9,10);7H,4-5H2,1-3H3;(H4,2,3,4);1H/q;+1;;/p-1. The Kier molecular flexibility index (Phi) is 22.0. The van der Waals surface area contributed by atoms with Gasteiger partial charge in [-0.1, -0.05) is 0 Å². The molecule has 0 radical (unpaired) electrons. The lowest BCUT2D eigenvalue weighted by Gasteiger charge is -2.21. The summed E-state index contributed by atoms with van der Waals surface area (Å²) in [6.45, 7) is 1.53. The van der Waals surface area contributed by atoms with Crippen molar-refractivity contribution in [3.63, 3.8) is 0 Å². The van der Waals surface area contributed by atoms with Gasteiger partial charge in [-0.05, 0) is 12.8 Å².